The number of aryl methyl sites for hydroxylation is 1. The van der Waals surface area contributed by atoms with Crippen LogP contribution in [0.15, 0.2) is 33.6 Å². The maximum absolute atomic E-state index is 11.8. The highest BCUT2D eigenvalue weighted by Crippen LogP contribution is 2.11. The van der Waals surface area contributed by atoms with E-state index in [9.17, 15) is 4.21 Å². The fraction of sp³-hybridized carbons (Fsp3) is 0.462. The van der Waals surface area contributed by atoms with Gasteiger partial charge in [-0.3, -0.25) is 0 Å². The molecule has 1 aromatic rings. The number of ether oxygens (including phenoxy) is 2. The minimum absolute atomic E-state index is 0.121. The molecule has 0 N–H and O–H groups in total. The second-order valence-electron chi connectivity index (χ2n) is 4.10. The minimum atomic E-state index is -1.31. The Labute approximate surface area is 110 Å². The third-order valence-corrected chi connectivity index (χ3v) is 3.63. The second-order valence-corrected chi connectivity index (χ2v) is 5.28. The Morgan fingerprint density at radius 1 is 1.33 bits per heavy atom. The molecule has 0 amide bonds. The van der Waals surface area contributed by atoms with Gasteiger partial charge in [0.25, 0.3) is 0 Å². The van der Waals surface area contributed by atoms with Gasteiger partial charge < -0.3 is 9.47 Å². The Bertz CT molecular complexity index is 424. The lowest BCUT2D eigenvalue weighted by Crippen LogP contribution is -2.06. The highest BCUT2D eigenvalue weighted by Gasteiger charge is 2.14. The molecule has 0 bridgehead atoms. The molecule has 0 saturated carbocycles. The molecule has 98 valence electrons. The van der Waals surface area contributed by atoms with E-state index in [1.54, 1.807) is 6.21 Å². The molecule has 0 aliphatic carbocycles. The van der Waals surface area contributed by atoms with Gasteiger partial charge >= 0.3 is 0 Å². The van der Waals surface area contributed by atoms with Crippen LogP contribution in [-0.4, -0.2) is 29.9 Å². The van der Waals surface area contributed by atoms with Crippen LogP contribution in [0.4, 0.5) is 0 Å². The van der Waals surface area contributed by atoms with Gasteiger partial charge in [-0.1, -0.05) is 17.7 Å². The Kier molecular flexibility index (Phi) is 5.04. The summed E-state index contributed by atoms with van der Waals surface area (Å²) in [4.78, 5) is 0.727. The van der Waals surface area contributed by atoms with E-state index in [0.29, 0.717) is 19.6 Å². The first kappa shape index (κ1) is 13.4. The summed E-state index contributed by atoms with van der Waals surface area (Å²) in [6.07, 6.45) is 3.03. The summed E-state index contributed by atoms with van der Waals surface area (Å²) in [5, 5.41) is 0. The number of nitrogens with zero attached hydrogens (tertiary/aromatic N) is 1. The number of hydrogen-bond acceptors (Lipinski definition) is 3. The van der Waals surface area contributed by atoms with E-state index >= 15 is 0 Å². The molecule has 1 aliphatic rings. The highest BCUT2D eigenvalue weighted by atomic mass is 32.2. The molecule has 1 aromatic carbocycles. The van der Waals surface area contributed by atoms with Crippen molar-refractivity contribution in [3.05, 3.63) is 29.8 Å². The van der Waals surface area contributed by atoms with Gasteiger partial charge in [0.15, 0.2) is 17.3 Å². The van der Waals surface area contributed by atoms with Crippen LogP contribution in [0.2, 0.25) is 0 Å². The molecule has 0 unspecified atom stereocenters. The van der Waals surface area contributed by atoms with Crippen molar-refractivity contribution in [3.63, 3.8) is 0 Å². The van der Waals surface area contributed by atoms with Gasteiger partial charge in [0.05, 0.1) is 18.1 Å². The topological polar surface area (TPSA) is 47.9 Å². The Balaban J connectivity index is 1.77. The quantitative estimate of drug-likeness (QED) is 0.769. The summed E-state index contributed by atoms with van der Waals surface area (Å²) in [5.74, 6) is 0. The van der Waals surface area contributed by atoms with Crippen molar-refractivity contribution in [3.8, 4) is 0 Å². The predicted octanol–water partition coefficient (Wildman–Crippen LogP) is 2.24. The molecule has 0 radical (unpaired) electrons. The van der Waals surface area contributed by atoms with Crippen molar-refractivity contribution in [2.45, 2.75) is 31.0 Å². The van der Waals surface area contributed by atoms with E-state index in [4.69, 9.17) is 9.47 Å². The molecule has 1 saturated heterocycles. The molecule has 1 aliphatic heterocycles. The average molecular weight is 267 g/mol. The van der Waals surface area contributed by atoms with Crippen molar-refractivity contribution in [2.24, 2.45) is 4.40 Å². The third-order valence-electron chi connectivity index (χ3n) is 2.62. The molecule has 1 heterocycles. The predicted molar refractivity (Wildman–Crippen MR) is 71.0 cm³/mol. The van der Waals surface area contributed by atoms with E-state index in [2.05, 4.69) is 4.40 Å². The van der Waals surface area contributed by atoms with Crippen molar-refractivity contribution >= 4 is 17.2 Å². The molecule has 4 nitrogen and oxygen atoms in total. The zero-order chi connectivity index (χ0) is 12.8. The van der Waals surface area contributed by atoms with Crippen molar-refractivity contribution in [1.29, 1.82) is 0 Å². The maximum Gasteiger partial charge on any atom is 0.172 e. The van der Waals surface area contributed by atoms with Crippen LogP contribution in [0.5, 0.6) is 0 Å². The van der Waals surface area contributed by atoms with Crippen LogP contribution >= 0.6 is 0 Å². The van der Waals surface area contributed by atoms with Crippen LogP contribution in [0, 0.1) is 6.92 Å². The fourth-order valence-electron chi connectivity index (χ4n) is 1.62. The number of hydrogen-bond donors (Lipinski definition) is 0. The van der Waals surface area contributed by atoms with Gasteiger partial charge in [-0.2, -0.15) is 4.40 Å². The molecule has 0 spiro atoms. The van der Waals surface area contributed by atoms with E-state index < -0.39 is 11.0 Å². The summed E-state index contributed by atoms with van der Waals surface area (Å²) in [5.41, 5.74) is 1.15. The van der Waals surface area contributed by atoms with Gasteiger partial charge in [0, 0.05) is 12.6 Å². The molecule has 0 aromatic heterocycles. The molecule has 5 heteroatoms. The van der Waals surface area contributed by atoms with Crippen molar-refractivity contribution < 1.29 is 13.7 Å². The van der Waals surface area contributed by atoms with Gasteiger partial charge in [-0.25, -0.2) is 4.21 Å². The lowest BCUT2D eigenvalue weighted by Gasteiger charge is -2.05. The van der Waals surface area contributed by atoms with Gasteiger partial charge in [-0.15, -0.1) is 0 Å². The molecule has 18 heavy (non-hydrogen) atoms. The standard InChI is InChI=1S/C13H17NO3S/c1-11-4-6-12(7-5-11)18(15)14-8-2-3-13-16-9-10-17-13/h4-8,13H,2-3,9-10H2,1H3/b14-8+/t18-/m1/s1. The summed E-state index contributed by atoms with van der Waals surface area (Å²) >= 11 is 0. The zero-order valence-electron chi connectivity index (χ0n) is 10.4. The summed E-state index contributed by atoms with van der Waals surface area (Å²) in [6, 6.07) is 7.55. The normalized spacial score (nSPS) is 18.5. The Morgan fingerprint density at radius 2 is 2.00 bits per heavy atom. The molecular formula is C13H17NO3S. The van der Waals surface area contributed by atoms with Crippen molar-refractivity contribution in [2.75, 3.05) is 13.2 Å². The smallest absolute Gasteiger partial charge is 0.172 e. The molecule has 1 atom stereocenters. The van der Waals surface area contributed by atoms with Crippen LogP contribution in [0.3, 0.4) is 0 Å². The lowest BCUT2D eigenvalue weighted by atomic mass is 10.2. The maximum atomic E-state index is 11.8. The largest absolute Gasteiger partial charge is 0.350 e. The van der Waals surface area contributed by atoms with E-state index in [1.165, 1.54) is 0 Å². The molecule has 2 rings (SSSR count). The first-order valence-electron chi connectivity index (χ1n) is 6.00. The average Bonchev–Trinajstić information content (AvgIpc) is 2.88. The number of benzene rings is 1. The Hall–Kier alpha value is -1.04. The fourth-order valence-corrected chi connectivity index (χ4v) is 2.35. The van der Waals surface area contributed by atoms with Crippen LogP contribution in [0.25, 0.3) is 0 Å². The van der Waals surface area contributed by atoms with Gasteiger partial charge in [0.2, 0.25) is 0 Å². The SMILES string of the molecule is Cc1ccc([S@@](=O)/N=C/CCC2OCCO2)cc1. The van der Waals surface area contributed by atoms with Crippen LogP contribution < -0.4 is 0 Å². The third kappa shape index (κ3) is 4.01. The van der Waals surface area contributed by atoms with Crippen molar-refractivity contribution in [1.82, 2.24) is 0 Å². The second kappa shape index (κ2) is 6.78. The lowest BCUT2D eigenvalue weighted by molar-refractivity contribution is -0.0448. The Morgan fingerprint density at radius 3 is 2.67 bits per heavy atom. The van der Waals surface area contributed by atoms with E-state index in [-0.39, 0.29) is 6.29 Å². The zero-order valence-corrected chi connectivity index (χ0v) is 11.2. The summed E-state index contributed by atoms with van der Waals surface area (Å²) in [7, 11) is -1.31. The number of rotatable bonds is 5. The highest BCUT2D eigenvalue weighted by molar-refractivity contribution is 7.83. The molecular weight excluding hydrogens is 250 g/mol. The van der Waals surface area contributed by atoms with Crippen LogP contribution in [-0.2, 0) is 20.5 Å². The van der Waals surface area contributed by atoms with E-state index in [0.717, 1.165) is 16.9 Å². The minimum Gasteiger partial charge on any atom is -0.350 e. The van der Waals surface area contributed by atoms with E-state index in [1.807, 2.05) is 31.2 Å². The first-order chi connectivity index (χ1) is 8.75. The summed E-state index contributed by atoms with van der Waals surface area (Å²) in [6.45, 7) is 3.33. The van der Waals surface area contributed by atoms with Gasteiger partial charge in [0.1, 0.15) is 0 Å². The van der Waals surface area contributed by atoms with Crippen LogP contribution in [0.1, 0.15) is 18.4 Å². The van der Waals surface area contributed by atoms with Gasteiger partial charge in [-0.05, 0) is 25.5 Å². The molecule has 1 fully saturated rings. The summed E-state index contributed by atoms with van der Waals surface area (Å²) < 4.78 is 26.4. The first-order valence-corrected chi connectivity index (χ1v) is 7.10. The monoisotopic (exact) mass is 267 g/mol.